The van der Waals surface area contributed by atoms with Gasteiger partial charge in [0.2, 0.25) is 10.0 Å². The van der Waals surface area contributed by atoms with Crippen LogP contribution in [0.4, 0.5) is 5.69 Å². The molecule has 166 valence electrons. The maximum atomic E-state index is 12.7. The van der Waals surface area contributed by atoms with Crippen LogP contribution in [0.5, 0.6) is 0 Å². The van der Waals surface area contributed by atoms with Gasteiger partial charge in [-0.1, -0.05) is 23.7 Å². The van der Waals surface area contributed by atoms with Gasteiger partial charge in [-0.25, -0.2) is 8.42 Å². The lowest BCUT2D eigenvalue weighted by atomic mass is 9.95. The average molecular weight is 461 g/mol. The van der Waals surface area contributed by atoms with Crippen LogP contribution in [-0.2, 0) is 10.0 Å². The fourth-order valence-corrected chi connectivity index (χ4v) is 5.58. The molecule has 0 N–H and O–H groups in total. The summed E-state index contributed by atoms with van der Waals surface area (Å²) < 4.78 is 26.9. The highest BCUT2D eigenvalue weighted by molar-refractivity contribution is 7.92. The lowest BCUT2D eigenvalue weighted by molar-refractivity contribution is 0.156. The standard InChI is InChI=1S/C23H29ClN4O2S/c24-22-3-1-20(2-4-22)9-18-31(29,30)28-16-14-26(15-17-28)19-21-7-12-27(13-8-21)23-5-10-25-11-6-23/h1-6,9-11,18,21H,7-8,12-17,19H2. The van der Waals surface area contributed by atoms with Crippen LogP contribution in [0.1, 0.15) is 18.4 Å². The van der Waals surface area contributed by atoms with Crippen LogP contribution in [-0.4, -0.2) is 68.4 Å². The Labute approximate surface area is 190 Å². The van der Waals surface area contributed by atoms with E-state index in [0.29, 0.717) is 24.0 Å². The van der Waals surface area contributed by atoms with Gasteiger partial charge in [-0.15, -0.1) is 0 Å². The molecule has 0 unspecified atom stereocenters. The third kappa shape index (κ3) is 6.07. The van der Waals surface area contributed by atoms with Crippen molar-refractivity contribution in [1.29, 1.82) is 0 Å². The molecule has 2 aliphatic heterocycles. The Kier molecular flexibility index (Phi) is 7.27. The van der Waals surface area contributed by atoms with Crippen LogP contribution in [0.15, 0.2) is 54.2 Å². The molecular weight excluding hydrogens is 432 g/mol. The van der Waals surface area contributed by atoms with Crippen LogP contribution < -0.4 is 4.90 Å². The van der Waals surface area contributed by atoms with Crippen molar-refractivity contribution in [3.63, 3.8) is 0 Å². The molecule has 2 aromatic rings. The topological polar surface area (TPSA) is 56.8 Å². The van der Waals surface area contributed by atoms with Gasteiger partial charge in [0.05, 0.1) is 0 Å². The summed E-state index contributed by atoms with van der Waals surface area (Å²) in [5.41, 5.74) is 2.07. The third-order valence-corrected chi connectivity index (χ3v) is 7.97. The molecule has 0 bridgehead atoms. The molecule has 1 aromatic carbocycles. The monoisotopic (exact) mass is 460 g/mol. The van der Waals surface area contributed by atoms with Crippen LogP contribution in [0.3, 0.4) is 0 Å². The number of hydrogen-bond donors (Lipinski definition) is 0. The maximum absolute atomic E-state index is 12.7. The number of aromatic nitrogens is 1. The van der Waals surface area contributed by atoms with Crippen molar-refractivity contribution < 1.29 is 8.42 Å². The summed E-state index contributed by atoms with van der Waals surface area (Å²) in [6, 6.07) is 11.3. The second-order valence-corrected chi connectivity index (χ2v) is 10.5. The first kappa shape index (κ1) is 22.3. The molecule has 2 saturated heterocycles. The number of anilines is 1. The zero-order valence-electron chi connectivity index (χ0n) is 17.6. The van der Waals surface area contributed by atoms with Crippen molar-refractivity contribution in [3.8, 4) is 0 Å². The summed E-state index contributed by atoms with van der Waals surface area (Å²) in [6.07, 6.45) is 7.67. The largest absolute Gasteiger partial charge is 0.371 e. The molecule has 31 heavy (non-hydrogen) atoms. The number of piperidine rings is 1. The number of benzene rings is 1. The fraction of sp³-hybridized carbons (Fsp3) is 0.435. The van der Waals surface area contributed by atoms with Gasteiger partial charge < -0.3 is 9.80 Å². The van der Waals surface area contributed by atoms with E-state index in [1.165, 1.54) is 23.9 Å². The second kappa shape index (κ2) is 10.1. The summed E-state index contributed by atoms with van der Waals surface area (Å²) in [7, 11) is -3.40. The molecule has 4 rings (SSSR count). The molecule has 6 nitrogen and oxygen atoms in total. The summed E-state index contributed by atoms with van der Waals surface area (Å²) in [5, 5.41) is 1.94. The zero-order chi connectivity index (χ0) is 21.7. The predicted molar refractivity (Wildman–Crippen MR) is 127 cm³/mol. The van der Waals surface area contributed by atoms with Crippen molar-refractivity contribution in [2.75, 3.05) is 50.7 Å². The molecular formula is C23H29ClN4O2S. The number of pyridine rings is 1. The molecule has 8 heteroatoms. The number of piperazine rings is 1. The van der Waals surface area contributed by atoms with Gasteiger partial charge in [-0.05, 0) is 54.7 Å². The van der Waals surface area contributed by atoms with Crippen molar-refractivity contribution in [3.05, 3.63) is 64.8 Å². The highest BCUT2D eigenvalue weighted by Crippen LogP contribution is 2.24. The van der Waals surface area contributed by atoms with Crippen molar-refractivity contribution >= 4 is 33.4 Å². The first-order valence-electron chi connectivity index (χ1n) is 10.8. The average Bonchev–Trinajstić information content (AvgIpc) is 2.80. The summed E-state index contributed by atoms with van der Waals surface area (Å²) in [5.74, 6) is 0.672. The summed E-state index contributed by atoms with van der Waals surface area (Å²) in [6.45, 7) is 5.86. The van der Waals surface area contributed by atoms with E-state index >= 15 is 0 Å². The van der Waals surface area contributed by atoms with E-state index in [9.17, 15) is 8.42 Å². The Balaban J connectivity index is 1.23. The first-order chi connectivity index (χ1) is 15.0. The fourth-order valence-electron chi connectivity index (χ4n) is 4.28. The van der Waals surface area contributed by atoms with Crippen molar-refractivity contribution in [1.82, 2.24) is 14.2 Å². The van der Waals surface area contributed by atoms with Crippen LogP contribution in [0, 0.1) is 5.92 Å². The number of halogens is 1. The van der Waals surface area contributed by atoms with Gasteiger partial charge in [0.1, 0.15) is 0 Å². The Bertz CT molecular complexity index is 966. The lowest BCUT2D eigenvalue weighted by Gasteiger charge is -2.38. The molecule has 2 aliphatic rings. The number of hydrogen-bond acceptors (Lipinski definition) is 5. The van der Waals surface area contributed by atoms with Gasteiger partial charge in [-0.3, -0.25) is 4.98 Å². The van der Waals surface area contributed by atoms with E-state index in [1.807, 2.05) is 24.5 Å². The van der Waals surface area contributed by atoms with Crippen LogP contribution >= 0.6 is 11.6 Å². The smallest absolute Gasteiger partial charge is 0.236 e. The van der Waals surface area contributed by atoms with Crippen molar-refractivity contribution in [2.45, 2.75) is 12.8 Å². The van der Waals surface area contributed by atoms with E-state index < -0.39 is 10.0 Å². The van der Waals surface area contributed by atoms with Crippen molar-refractivity contribution in [2.24, 2.45) is 5.92 Å². The van der Waals surface area contributed by atoms with E-state index in [-0.39, 0.29) is 0 Å². The van der Waals surface area contributed by atoms with Crippen LogP contribution in [0.25, 0.3) is 6.08 Å². The first-order valence-corrected chi connectivity index (χ1v) is 12.7. The Morgan fingerprint density at radius 2 is 1.58 bits per heavy atom. The number of nitrogens with zero attached hydrogens (tertiary/aromatic N) is 4. The quantitative estimate of drug-likeness (QED) is 0.659. The Morgan fingerprint density at radius 1 is 0.935 bits per heavy atom. The molecule has 0 radical (unpaired) electrons. The number of sulfonamides is 1. The molecule has 3 heterocycles. The zero-order valence-corrected chi connectivity index (χ0v) is 19.2. The van der Waals surface area contributed by atoms with E-state index in [2.05, 4.69) is 26.9 Å². The molecule has 0 saturated carbocycles. The third-order valence-electron chi connectivity index (χ3n) is 6.15. The second-order valence-electron chi connectivity index (χ2n) is 8.23. The summed E-state index contributed by atoms with van der Waals surface area (Å²) >= 11 is 5.88. The highest BCUT2D eigenvalue weighted by Gasteiger charge is 2.27. The molecule has 1 aromatic heterocycles. The number of rotatable bonds is 6. The van der Waals surface area contributed by atoms with E-state index in [0.717, 1.165) is 38.3 Å². The molecule has 0 amide bonds. The molecule has 0 aliphatic carbocycles. The minimum absolute atomic E-state index is 0.545. The maximum Gasteiger partial charge on any atom is 0.236 e. The minimum atomic E-state index is -3.40. The highest BCUT2D eigenvalue weighted by atomic mass is 35.5. The van der Waals surface area contributed by atoms with Gasteiger partial charge in [-0.2, -0.15) is 4.31 Å². The SMILES string of the molecule is O=S(=O)(C=Cc1ccc(Cl)cc1)N1CCN(CC2CCN(c3ccncc3)CC2)CC1. The van der Waals surface area contributed by atoms with Gasteiger partial charge >= 0.3 is 0 Å². The van der Waals surface area contributed by atoms with Gasteiger partial charge in [0, 0.05) is 74.3 Å². The minimum Gasteiger partial charge on any atom is -0.371 e. The summed E-state index contributed by atoms with van der Waals surface area (Å²) in [4.78, 5) is 8.94. The van der Waals surface area contributed by atoms with Crippen LogP contribution in [0.2, 0.25) is 5.02 Å². The van der Waals surface area contributed by atoms with E-state index in [4.69, 9.17) is 11.6 Å². The van der Waals surface area contributed by atoms with Gasteiger partial charge in [0.15, 0.2) is 0 Å². The lowest BCUT2D eigenvalue weighted by Crippen LogP contribution is -2.50. The Morgan fingerprint density at radius 3 is 2.23 bits per heavy atom. The molecule has 0 spiro atoms. The van der Waals surface area contributed by atoms with Gasteiger partial charge in [0.25, 0.3) is 0 Å². The van der Waals surface area contributed by atoms with E-state index in [1.54, 1.807) is 22.5 Å². The predicted octanol–water partition coefficient (Wildman–Crippen LogP) is 3.57. The molecule has 0 atom stereocenters. The molecule has 2 fully saturated rings. The normalized spacial score (nSPS) is 19.8. The Hall–Kier alpha value is -1.93.